The first kappa shape index (κ1) is 15.7. The summed E-state index contributed by atoms with van der Waals surface area (Å²) in [5, 5.41) is 8.06. The van der Waals surface area contributed by atoms with E-state index >= 15 is 0 Å². The summed E-state index contributed by atoms with van der Waals surface area (Å²) in [5.41, 5.74) is 0.969. The topological polar surface area (TPSA) is 81.6 Å². The van der Waals surface area contributed by atoms with E-state index in [2.05, 4.69) is 10.2 Å². The molecule has 1 amide bonds. The smallest absolute Gasteiger partial charge is 0.289 e. The van der Waals surface area contributed by atoms with Crippen molar-refractivity contribution in [3.8, 4) is 0 Å². The van der Waals surface area contributed by atoms with Gasteiger partial charge in [-0.3, -0.25) is 4.79 Å². The standard InChI is InChI=1S/C16H21N3O4/c1-9(2)14-17-18-15(23-14)13-8-19(5-6-21-13)16(20)12-7-10(3)11(4)22-12/h7,9,13H,5-6,8H2,1-4H3. The average Bonchev–Trinajstić information content (AvgIpc) is 3.15. The highest BCUT2D eigenvalue weighted by Gasteiger charge is 2.31. The third kappa shape index (κ3) is 3.14. The van der Waals surface area contributed by atoms with Crippen LogP contribution >= 0.6 is 0 Å². The monoisotopic (exact) mass is 319 g/mol. The van der Waals surface area contributed by atoms with E-state index in [9.17, 15) is 4.79 Å². The number of amides is 1. The SMILES string of the molecule is Cc1cc(C(=O)N2CCOC(c3nnc(C(C)C)o3)C2)oc1C. The largest absolute Gasteiger partial charge is 0.456 e. The van der Waals surface area contributed by atoms with Crippen molar-refractivity contribution in [3.05, 3.63) is 34.9 Å². The number of nitrogens with zero attached hydrogens (tertiary/aromatic N) is 3. The lowest BCUT2D eigenvalue weighted by Crippen LogP contribution is -2.42. The van der Waals surface area contributed by atoms with Gasteiger partial charge in [-0.15, -0.1) is 10.2 Å². The summed E-state index contributed by atoms with van der Waals surface area (Å²) in [6.45, 7) is 9.04. The molecule has 2 aromatic heterocycles. The van der Waals surface area contributed by atoms with Gasteiger partial charge >= 0.3 is 0 Å². The molecule has 0 saturated carbocycles. The number of hydrogen-bond donors (Lipinski definition) is 0. The van der Waals surface area contributed by atoms with Crippen molar-refractivity contribution < 1.29 is 18.4 Å². The zero-order valence-corrected chi connectivity index (χ0v) is 13.8. The summed E-state index contributed by atoms with van der Waals surface area (Å²) in [5.74, 6) is 2.12. The van der Waals surface area contributed by atoms with E-state index in [1.807, 2.05) is 27.7 Å². The summed E-state index contributed by atoms with van der Waals surface area (Å²) >= 11 is 0. The Morgan fingerprint density at radius 1 is 1.30 bits per heavy atom. The van der Waals surface area contributed by atoms with Crippen molar-refractivity contribution >= 4 is 5.91 Å². The third-order valence-electron chi connectivity index (χ3n) is 3.96. The van der Waals surface area contributed by atoms with Crippen LogP contribution in [0.25, 0.3) is 0 Å². The maximum atomic E-state index is 12.6. The first-order valence-electron chi connectivity index (χ1n) is 7.77. The van der Waals surface area contributed by atoms with Crippen molar-refractivity contribution in [2.75, 3.05) is 19.7 Å². The van der Waals surface area contributed by atoms with Crippen molar-refractivity contribution in [3.63, 3.8) is 0 Å². The second-order valence-corrected chi connectivity index (χ2v) is 6.09. The molecule has 0 spiro atoms. The molecule has 0 radical (unpaired) electrons. The molecule has 1 aliphatic heterocycles. The van der Waals surface area contributed by atoms with Gasteiger partial charge in [0.25, 0.3) is 5.91 Å². The molecule has 1 aliphatic rings. The Hall–Kier alpha value is -2.15. The molecule has 1 fully saturated rings. The summed E-state index contributed by atoms with van der Waals surface area (Å²) in [4.78, 5) is 14.3. The Labute approximate surface area is 134 Å². The Kier molecular flexibility index (Phi) is 4.21. The van der Waals surface area contributed by atoms with Gasteiger partial charge in [-0.25, -0.2) is 0 Å². The molecule has 3 rings (SSSR count). The van der Waals surface area contributed by atoms with Gasteiger partial charge in [-0.1, -0.05) is 13.8 Å². The van der Waals surface area contributed by atoms with Crippen LogP contribution in [-0.2, 0) is 4.74 Å². The van der Waals surface area contributed by atoms with Gasteiger partial charge in [0, 0.05) is 12.5 Å². The van der Waals surface area contributed by atoms with Crippen LogP contribution in [0.15, 0.2) is 14.9 Å². The lowest BCUT2D eigenvalue weighted by Gasteiger charge is -2.30. The number of ether oxygens (including phenoxy) is 1. The Morgan fingerprint density at radius 2 is 2.09 bits per heavy atom. The molecule has 23 heavy (non-hydrogen) atoms. The molecular weight excluding hydrogens is 298 g/mol. The van der Waals surface area contributed by atoms with Crippen molar-refractivity contribution in [1.82, 2.24) is 15.1 Å². The van der Waals surface area contributed by atoms with Gasteiger partial charge in [0.2, 0.25) is 11.8 Å². The van der Waals surface area contributed by atoms with Crippen LogP contribution in [0.3, 0.4) is 0 Å². The maximum Gasteiger partial charge on any atom is 0.289 e. The Bertz CT molecular complexity index is 684. The molecule has 7 nitrogen and oxygen atoms in total. The number of aryl methyl sites for hydroxylation is 2. The van der Waals surface area contributed by atoms with Crippen molar-refractivity contribution in [1.29, 1.82) is 0 Å². The lowest BCUT2D eigenvalue weighted by molar-refractivity contribution is -0.0359. The fourth-order valence-electron chi connectivity index (χ4n) is 2.43. The van der Waals surface area contributed by atoms with E-state index in [0.717, 1.165) is 11.3 Å². The van der Waals surface area contributed by atoms with Crippen LogP contribution in [0.5, 0.6) is 0 Å². The normalized spacial score (nSPS) is 18.7. The van der Waals surface area contributed by atoms with Gasteiger partial charge in [-0.2, -0.15) is 0 Å². The number of aromatic nitrogens is 2. The quantitative estimate of drug-likeness (QED) is 0.865. The van der Waals surface area contributed by atoms with Crippen LogP contribution in [0, 0.1) is 13.8 Å². The number of morpholine rings is 1. The number of rotatable bonds is 3. The van der Waals surface area contributed by atoms with Gasteiger partial charge < -0.3 is 18.5 Å². The van der Waals surface area contributed by atoms with Crippen LogP contribution in [0.4, 0.5) is 0 Å². The zero-order valence-electron chi connectivity index (χ0n) is 13.8. The van der Waals surface area contributed by atoms with E-state index in [-0.39, 0.29) is 11.8 Å². The fourth-order valence-corrected chi connectivity index (χ4v) is 2.43. The lowest BCUT2D eigenvalue weighted by atomic mass is 10.2. The Balaban J connectivity index is 1.73. The van der Waals surface area contributed by atoms with E-state index in [1.165, 1.54) is 0 Å². The van der Waals surface area contributed by atoms with Crippen LogP contribution in [0.2, 0.25) is 0 Å². The van der Waals surface area contributed by atoms with Gasteiger partial charge in [-0.05, 0) is 25.5 Å². The van der Waals surface area contributed by atoms with E-state index in [4.69, 9.17) is 13.6 Å². The molecule has 1 atom stereocenters. The molecule has 0 aromatic carbocycles. The predicted octanol–water partition coefficient (Wildman–Crippen LogP) is 2.62. The van der Waals surface area contributed by atoms with Gasteiger partial charge in [0.15, 0.2) is 11.9 Å². The summed E-state index contributed by atoms with van der Waals surface area (Å²) in [6.07, 6.45) is -0.398. The Morgan fingerprint density at radius 3 is 2.70 bits per heavy atom. The molecule has 1 unspecified atom stereocenters. The van der Waals surface area contributed by atoms with Crippen molar-refractivity contribution in [2.24, 2.45) is 0 Å². The zero-order chi connectivity index (χ0) is 16.6. The first-order valence-corrected chi connectivity index (χ1v) is 7.77. The summed E-state index contributed by atoms with van der Waals surface area (Å²) in [7, 11) is 0. The molecule has 124 valence electrons. The summed E-state index contributed by atoms with van der Waals surface area (Å²) < 4.78 is 16.8. The van der Waals surface area contributed by atoms with E-state index < -0.39 is 6.10 Å². The molecule has 7 heteroatoms. The minimum atomic E-state index is -0.398. The molecule has 1 saturated heterocycles. The second kappa shape index (κ2) is 6.16. The predicted molar refractivity (Wildman–Crippen MR) is 81.2 cm³/mol. The van der Waals surface area contributed by atoms with Crippen molar-refractivity contribution in [2.45, 2.75) is 39.7 Å². The summed E-state index contributed by atoms with van der Waals surface area (Å²) in [6, 6.07) is 1.77. The van der Waals surface area contributed by atoms with Crippen LogP contribution in [-0.4, -0.2) is 40.7 Å². The second-order valence-electron chi connectivity index (χ2n) is 6.09. The number of furan rings is 1. The first-order chi connectivity index (χ1) is 11.0. The fraction of sp³-hybridized carbons (Fsp3) is 0.562. The highest BCUT2D eigenvalue weighted by molar-refractivity contribution is 5.91. The molecule has 3 heterocycles. The van der Waals surface area contributed by atoms with Gasteiger partial charge in [0.05, 0.1) is 13.2 Å². The molecule has 0 bridgehead atoms. The third-order valence-corrected chi connectivity index (χ3v) is 3.96. The van der Waals surface area contributed by atoms with E-state index in [0.29, 0.717) is 37.2 Å². The minimum Gasteiger partial charge on any atom is -0.456 e. The average molecular weight is 319 g/mol. The molecular formula is C16H21N3O4. The highest BCUT2D eigenvalue weighted by Crippen LogP contribution is 2.25. The van der Waals surface area contributed by atoms with Crippen LogP contribution in [0.1, 0.15) is 59.5 Å². The number of carbonyl (C=O) groups excluding carboxylic acids is 1. The molecule has 2 aromatic rings. The van der Waals surface area contributed by atoms with E-state index in [1.54, 1.807) is 11.0 Å². The number of hydrogen-bond acceptors (Lipinski definition) is 6. The van der Waals surface area contributed by atoms with Crippen LogP contribution < -0.4 is 0 Å². The highest BCUT2D eigenvalue weighted by atomic mass is 16.5. The molecule has 0 aliphatic carbocycles. The maximum absolute atomic E-state index is 12.6. The number of carbonyl (C=O) groups is 1. The minimum absolute atomic E-state index is 0.141. The van der Waals surface area contributed by atoms with Gasteiger partial charge in [0.1, 0.15) is 5.76 Å². The molecule has 0 N–H and O–H groups in total.